The van der Waals surface area contributed by atoms with Crippen molar-refractivity contribution >= 4 is 23.7 Å². The minimum Gasteiger partial charge on any atom is -0.489 e. The number of carbonyl (C=O) groups excluding carboxylic acids is 1. The second-order valence-electron chi connectivity index (χ2n) is 6.86. The van der Waals surface area contributed by atoms with E-state index in [0.717, 1.165) is 11.1 Å². The Hall–Kier alpha value is -3.97. The van der Waals surface area contributed by atoms with Crippen molar-refractivity contribution in [3.8, 4) is 17.0 Å². The molecule has 8 heteroatoms. The molecule has 1 heterocycles. The lowest BCUT2D eigenvalue weighted by Gasteiger charge is -2.07. The topological polar surface area (TPSA) is 79.4 Å². The highest BCUT2D eigenvalue weighted by molar-refractivity contribution is 6.30. The van der Waals surface area contributed by atoms with Crippen LogP contribution in [0.1, 0.15) is 21.6 Å². The highest BCUT2D eigenvalue weighted by Gasteiger charge is 2.10. The molecule has 6 nitrogen and oxygen atoms in total. The highest BCUT2D eigenvalue weighted by Crippen LogP contribution is 2.22. The Bertz CT molecular complexity index is 1220. The molecule has 1 aromatic heterocycles. The first-order valence-corrected chi connectivity index (χ1v) is 10.1. The molecule has 0 saturated carbocycles. The molecule has 4 aromatic rings. The van der Waals surface area contributed by atoms with Gasteiger partial charge in [-0.25, -0.2) is 9.82 Å². The lowest BCUT2D eigenvalue weighted by molar-refractivity contribution is 0.0950. The summed E-state index contributed by atoms with van der Waals surface area (Å²) in [7, 11) is 0. The van der Waals surface area contributed by atoms with E-state index in [4.69, 9.17) is 16.3 Å². The van der Waals surface area contributed by atoms with Gasteiger partial charge >= 0.3 is 0 Å². The van der Waals surface area contributed by atoms with Gasteiger partial charge in [0, 0.05) is 10.6 Å². The zero-order valence-electron chi connectivity index (χ0n) is 16.8. The standard InChI is InChI=1S/C24H18ClFN4O2/c25-19-7-1-17(2-8-19)15-32-21-11-5-18(6-12-21)22-13-23(29-28-22)24(31)30-27-14-16-3-9-20(26)10-4-16/h1-14H,15H2,(H,28,29)(H,30,31). The van der Waals surface area contributed by atoms with Crippen molar-refractivity contribution in [3.05, 3.63) is 107 Å². The summed E-state index contributed by atoms with van der Waals surface area (Å²) in [6.07, 6.45) is 1.43. The van der Waals surface area contributed by atoms with Gasteiger partial charge in [0.15, 0.2) is 0 Å². The SMILES string of the molecule is O=C(NN=Cc1ccc(F)cc1)c1cc(-c2ccc(OCc3ccc(Cl)cc3)cc2)n[nH]1. The Kier molecular flexibility index (Phi) is 6.57. The number of hydrogen-bond acceptors (Lipinski definition) is 4. The number of nitrogens with zero attached hydrogens (tertiary/aromatic N) is 2. The van der Waals surface area contributed by atoms with Gasteiger partial charge in [0.2, 0.25) is 0 Å². The molecule has 160 valence electrons. The number of aromatic amines is 1. The van der Waals surface area contributed by atoms with Crippen LogP contribution in [0.15, 0.2) is 84.0 Å². The molecule has 0 saturated heterocycles. The first-order valence-electron chi connectivity index (χ1n) is 9.69. The van der Waals surface area contributed by atoms with Crippen LogP contribution in [0.5, 0.6) is 5.75 Å². The van der Waals surface area contributed by atoms with Gasteiger partial charge in [0.25, 0.3) is 5.91 Å². The predicted molar refractivity (Wildman–Crippen MR) is 121 cm³/mol. The average Bonchev–Trinajstić information content (AvgIpc) is 3.31. The summed E-state index contributed by atoms with van der Waals surface area (Å²) in [4.78, 5) is 12.2. The van der Waals surface area contributed by atoms with E-state index in [-0.39, 0.29) is 11.5 Å². The van der Waals surface area contributed by atoms with Crippen LogP contribution in [0.25, 0.3) is 11.3 Å². The fourth-order valence-electron chi connectivity index (χ4n) is 2.83. The highest BCUT2D eigenvalue weighted by atomic mass is 35.5. The molecule has 0 unspecified atom stereocenters. The third kappa shape index (κ3) is 5.59. The van der Waals surface area contributed by atoms with Crippen LogP contribution >= 0.6 is 11.6 Å². The van der Waals surface area contributed by atoms with Gasteiger partial charge in [0.1, 0.15) is 23.9 Å². The van der Waals surface area contributed by atoms with E-state index in [1.807, 2.05) is 48.5 Å². The first kappa shape index (κ1) is 21.3. The minimum atomic E-state index is -0.440. The number of halogens is 2. The summed E-state index contributed by atoms with van der Waals surface area (Å²) in [6, 6.07) is 22.3. The Morgan fingerprint density at radius 1 is 1.06 bits per heavy atom. The van der Waals surface area contributed by atoms with Crippen molar-refractivity contribution in [2.75, 3.05) is 0 Å². The van der Waals surface area contributed by atoms with Crippen molar-refractivity contribution in [2.45, 2.75) is 6.61 Å². The normalized spacial score (nSPS) is 10.9. The number of rotatable bonds is 7. The monoisotopic (exact) mass is 448 g/mol. The molecule has 0 bridgehead atoms. The summed E-state index contributed by atoms with van der Waals surface area (Å²) in [5, 5.41) is 11.4. The number of aromatic nitrogens is 2. The van der Waals surface area contributed by atoms with Gasteiger partial charge in [-0.1, -0.05) is 35.9 Å². The maximum Gasteiger partial charge on any atom is 0.289 e. The van der Waals surface area contributed by atoms with E-state index < -0.39 is 5.91 Å². The second-order valence-corrected chi connectivity index (χ2v) is 7.29. The van der Waals surface area contributed by atoms with Crippen LogP contribution in [0.2, 0.25) is 5.02 Å². The minimum absolute atomic E-state index is 0.263. The van der Waals surface area contributed by atoms with Gasteiger partial charge in [-0.3, -0.25) is 9.89 Å². The van der Waals surface area contributed by atoms with Crippen LogP contribution in [0.4, 0.5) is 4.39 Å². The van der Waals surface area contributed by atoms with Crippen LogP contribution in [-0.4, -0.2) is 22.3 Å². The molecule has 0 aliphatic rings. The quantitative estimate of drug-likeness (QED) is 0.301. The van der Waals surface area contributed by atoms with E-state index in [1.165, 1.54) is 18.3 Å². The fourth-order valence-corrected chi connectivity index (χ4v) is 2.96. The number of ether oxygens (including phenoxy) is 1. The van der Waals surface area contributed by atoms with Gasteiger partial charge in [-0.2, -0.15) is 10.2 Å². The fraction of sp³-hybridized carbons (Fsp3) is 0.0417. The van der Waals surface area contributed by atoms with Crippen molar-refractivity contribution in [1.82, 2.24) is 15.6 Å². The van der Waals surface area contributed by atoms with Crippen LogP contribution in [0, 0.1) is 5.82 Å². The summed E-state index contributed by atoms with van der Waals surface area (Å²) in [6.45, 7) is 0.432. The smallest absolute Gasteiger partial charge is 0.289 e. The zero-order valence-corrected chi connectivity index (χ0v) is 17.5. The predicted octanol–water partition coefficient (Wildman–Crippen LogP) is 5.21. The first-order chi connectivity index (χ1) is 15.6. The molecule has 0 atom stereocenters. The number of H-pyrrole nitrogens is 1. The molecular weight excluding hydrogens is 431 g/mol. The molecule has 0 radical (unpaired) electrons. The molecule has 1 amide bonds. The molecule has 0 spiro atoms. The molecular formula is C24H18ClFN4O2. The summed E-state index contributed by atoms with van der Waals surface area (Å²) in [5.41, 5.74) is 5.79. The van der Waals surface area contributed by atoms with E-state index in [9.17, 15) is 9.18 Å². The molecule has 2 N–H and O–H groups in total. The zero-order chi connectivity index (χ0) is 22.3. The average molecular weight is 449 g/mol. The van der Waals surface area contributed by atoms with E-state index in [1.54, 1.807) is 18.2 Å². The largest absolute Gasteiger partial charge is 0.489 e. The molecule has 3 aromatic carbocycles. The lowest BCUT2D eigenvalue weighted by atomic mass is 10.1. The Morgan fingerprint density at radius 2 is 1.78 bits per heavy atom. The molecule has 32 heavy (non-hydrogen) atoms. The number of nitrogens with one attached hydrogen (secondary N) is 2. The number of hydrazone groups is 1. The van der Waals surface area contributed by atoms with Gasteiger partial charge in [-0.05, 0) is 65.7 Å². The van der Waals surface area contributed by atoms with Crippen molar-refractivity contribution in [3.63, 3.8) is 0 Å². The number of carbonyl (C=O) groups is 1. The summed E-state index contributed by atoms with van der Waals surface area (Å²) < 4.78 is 18.7. The van der Waals surface area contributed by atoms with Gasteiger partial charge < -0.3 is 4.74 Å². The van der Waals surface area contributed by atoms with E-state index >= 15 is 0 Å². The number of amides is 1. The van der Waals surface area contributed by atoms with Crippen LogP contribution in [-0.2, 0) is 6.61 Å². The molecule has 0 fully saturated rings. The Morgan fingerprint density at radius 3 is 2.50 bits per heavy atom. The van der Waals surface area contributed by atoms with E-state index in [2.05, 4.69) is 20.7 Å². The third-order valence-corrected chi connectivity index (χ3v) is 4.79. The number of hydrogen-bond donors (Lipinski definition) is 2. The van der Waals surface area contributed by atoms with Crippen molar-refractivity contribution in [2.24, 2.45) is 5.10 Å². The third-order valence-electron chi connectivity index (χ3n) is 4.54. The lowest BCUT2D eigenvalue weighted by Crippen LogP contribution is -2.17. The van der Waals surface area contributed by atoms with Crippen LogP contribution < -0.4 is 10.2 Å². The van der Waals surface area contributed by atoms with Crippen molar-refractivity contribution in [1.29, 1.82) is 0 Å². The van der Waals surface area contributed by atoms with Gasteiger partial charge in [0.05, 0.1) is 11.9 Å². The molecule has 0 aliphatic carbocycles. The molecule has 0 aliphatic heterocycles. The van der Waals surface area contributed by atoms with Crippen LogP contribution in [0.3, 0.4) is 0 Å². The Balaban J connectivity index is 1.33. The van der Waals surface area contributed by atoms with E-state index in [0.29, 0.717) is 28.6 Å². The molecule has 4 rings (SSSR count). The Labute approximate surface area is 188 Å². The maximum absolute atomic E-state index is 12.9. The van der Waals surface area contributed by atoms with Gasteiger partial charge in [-0.15, -0.1) is 0 Å². The summed E-state index contributed by atoms with van der Waals surface area (Å²) >= 11 is 5.89. The second kappa shape index (κ2) is 9.89. The maximum atomic E-state index is 12.9. The number of benzene rings is 3. The summed E-state index contributed by atoms with van der Waals surface area (Å²) in [5.74, 6) is -0.0605. The van der Waals surface area contributed by atoms with Crippen molar-refractivity contribution < 1.29 is 13.9 Å².